The SMILES string of the molecule is CN=C(NCc1ccccc1-c1ccc(Cn2ccnc2)cc1)NCc1ncnn1C. The lowest BCUT2D eigenvalue weighted by atomic mass is 9.98. The maximum absolute atomic E-state index is 4.31. The van der Waals surface area contributed by atoms with Gasteiger partial charge in [0.2, 0.25) is 0 Å². The highest BCUT2D eigenvalue weighted by molar-refractivity contribution is 5.80. The van der Waals surface area contributed by atoms with E-state index in [0.29, 0.717) is 19.0 Å². The van der Waals surface area contributed by atoms with E-state index in [1.807, 2.05) is 19.6 Å². The Hall–Kier alpha value is -3.94. The highest BCUT2D eigenvalue weighted by atomic mass is 15.3. The fraction of sp³-hybridized carbons (Fsp3) is 0.217. The molecule has 0 unspecified atom stereocenters. The number of hydrogen-bond acceptors (Lipinski definition) is 4. The largest absolute Gasteiger partial charge is 0.352 e. The van der Waals surface area contributed by atoms with E-state index in [1.54, 1.807) is 24.3 Å². The molecule has 0 saturated heterocycles. The second-order valence-corrected chi connectivity index (χ2v) is 7.17. The highest BCUT2D eigenvalue weighted by Crippen LogP contribution is 2.24. The number of nitrogens with one attached hydrogen (secondary N) is 2. The molecule has 0 aliphatic carbocycles. The van der Waals surface area contributed by atoms with Crippen molar-refractivity contribution >= 4 is 5.96 Å². The zero-order valence-corrected chi connectivity index (χ0v) is 17.7. The Balaban J connectivity index is 1.41. The van der Waals surface area contributed by atoms with Crippen molar-refractivity contribution < 1.29 is 0 Å². The number of aromatic nitrogens is 5. The van der Waals surface area contributed by atoms with Gasteiger partial charge in [0.25, 0.3) is 0 Å². The van der Waals surface area contributed by atoms with Gasteiger partial charge in [0.1, 0.15) is 12.2 Å². The zero-order valence-electron chi connectivity index (χ0n) is 17.7. The molecule has 8 heteroatoms. The molecule has 0 atom stereocenters. The van der Waals surface area contributed by atoms with Crippen LogP contribution in [-0.2, 0) is 26.7 Å². The average Bonchev–Trinajstić information content (AvgIpc) is 3.46. The zero-order chi connectivity index (χ0) is 21.5. The van der Waals surface area contributed by atoms with E-state index in [0.717, 1.165) is 12.4 Å². The molecule has 0 fully saturated rings. The number of aliphatic imine (C=N–C) groups is 1. The lowest BCUT2D eigenvalue weighted by molar-refractivity contribution is 0.673. The molecule has 2 N–H and O–H groups in total. The summed E-state index contributed by atoms with van der Waals surface area (Å²) in [6.45, 7) is 2.03. The van der Waals surface area contributed by atoms with Crippen LogP contribution in [0.25, 0.3) is 11.1 Å². The van der Waals surface area contributed by atoms with Crippen molar-refractivity contribution in [2.75, 3.05) is 7.05 Å². The normalized spacial score (nSPS) is 11.5. The van der Waals surface area contributed by atoms with Crippen LogP contribution < -0.4 is 10.6 Å². The maximum Gasteiger partial charge on any atom is 0.191 e. The van der Waals surface area contributed by atoms with Crippen molar-refractivity contribution in [3.8, 4) is 11.1 Å². The van der Waals surface area contributed by atoms with Crippen LogP contribution in [-0.4, -0.2) is 37.3 Å². The number of hydrogen-bond donors (Lipinski definition) is 2. The third kappa shape index (κ3) is 5.16. The molecule has 4 aromatic rings. The Morgan fingerprint density at radius 3 is 2.55 bits per heavy atom. The molecule has 4 rings (SSSR count). The summed E-state index contributed by atoms with van der Waals surface area (Å²) in [6, 6.07) is 17.1. The molecule has 31 heavy (non-hydrogen) atoms. The Morgan fingerprint density at radius 1 is 1.03 bits per heavy atom. The van der Waals surface area contributed by atoms with E-state index in [2.05, 4.69) is 83.8 Å². The van der Waals surface area contributed by atoms with Gasteiger partial charge in [-0.25, -0.2) is 9.97 Å². The lowest BCUT2D eigenvalue weighted by Gasteiger charge is -2.14. The van der Waals surface area contributed by atoms with Gasteiger partial charge < -0.3 is 15.2 Å². The van der Waals surface area contributed by atoms with Gasteiger partial charge in [-0.05, 0) is 22.3 Å². The summed E-state index contributed by atoms with van der Waals surface area (Å²) in [5.74, 6) is 1.56. The first-order chi connectivity index (χ1) is 15.2. The van der Waals surface area contributed by atoms with Gasteiger partial charge in [-0.15, -0.1) is 0 Å². The molecule has 0 bridgehead atoms. The monoisotopic (exact) mass is 414 g/mol. The number of imidazole rings is 1. The van der Waals surface area contributed by atoms with E-state index >= 15 is 0 Å². The second-order valence-electron chi connectivity index (χ2n) is 7.17. The third-order valence-electron chi connectivity index (χ3n) is 5.10. The summed E-state index contributed by atoms with van der Waals surface area (Å²) >= 11 is 0. The Kier molecular flexibility index (Phi) is 6.37. The molecule has 8 nitrogen and oxygen atoms in total. The molecular weight excluding hydrogens is 388 g/mol. The van der Waals surface area contributed by atoms with Crippen molar-refractivity contribution in [2.24, 2.45) is 12.0 Å². The smallest absolute Gasteiger partial charge is 0.191 e. The summed E-state index contributed by atoms with van der Waals surface area (Å²) in [5, 5.41) is 10.8. The van der Waals surface area contributed by atoms with Gasteiger partial charge in [-0.1, -0.05) is 48.5 Å². The minimum absolute atomic E-state index is 0.552. The number of rotatable bonds is 7. The van der Waals surface area contributed by atoms with Gasteiger partial charge in [-0.2, -0.15) is 5.10 Å². The first-order valence-corrected chi connectivity index (χ1v) is 10.1. The Morgan fingerprint density at radius 2 is 1.84 bits per heavy atom. The van der Waals surface area contributed by atoms with E-state index in [1.165, 1.54) is 22.3 Å². The first-order valence-electron chi connectivity index (χ1n) is 10.1. The van der Waals surface area contributed by atoms with Crippen LogP contribution in [0.1, 0.15) is 17.0 Å². The molecule has 0 spiro atoms. The van der Waals surface area contributed by atoms with Gasteiger partial charge in [-0.3, -0.25) is 9.67 Å². The van der Waals surface area contributed by atoms with Crippen LogP contribution in [0.5, 0.6) is 0 Å². The molecule has 0 radical (unpaired) electrons. The summed E-state index contributed by atoms with van der Waals surface area (Å²) in [5.41, 5.74) is 4.83. The van der Waals surface area contributed by atoms with Crippen molar-refractivity contribution in [2.45, 2.75) is 19.6 Å². The Bertz CT molecular complexity index is 1130. The molecule has 0 aliphatic rings. The van der Waals surface area contributed by atoms with Crippen LogP contribution in [0, 0.1) is 0 Å². The summed E-state index contributed by atoms with van der Waals surface area (Å²) in [7, 11) is 3.63. The van der Waals surface area contributed by atoms with Crippen molar-refractivity contribution in [1.82, 2.24) is 34.9 Å². The molecule has 2 aromatic heterocycles. The standard InChI is InChI=1S/C23H26N8/c1-24-23(27-14-22-28-16-29-30(22)2)26-13-20-5-3-4-6-21(20)19-9-7-18(8-10-19)15-31-12-11-25-17-31/h3-12,16-17H,13-15H2,1-2H3,(H2,24,26,27). The number of nitrogens with zero attached hydrogens (tertiary/aromatic N) is 6. The van der Waals surface area contributed by atoms with Crippen molar-refractivity contribution in [1.29, 1.82) is 0 Å². The minimum Gasteiger partial charge on any atom is -0.352 e. The third-order valence-corrected chi connectivity index (χ3v) is 5.10. The summed E-state index contributed by atoms with van der Waals surface area (Å²) in [4.78, 5) is 12.6. The van der Waals surface area contributed by atoms with Crippen LogP contribution in [0.3, 0.4) is 0 Å². The van der Waals surface area contributed by atoms with Gasteiger partial charge >= 0.3 is 0 Å². The average molecular weight is 415 g/mol. The van der Waals surface area contributed by atoms with E-state index in [4.69, 9.17) is 0 Å². The molecular formula is C23H26N8. The lowest BCUT2D eigenvalue weighted by Crippen LogP contribution is -2.37. The van der Waals surface area contributed by atoms with Gasteiger partial charge in [0.15, 0.2) is 5.96 Å². The van der Waals surface area contributed by atoms with Crippen LogP contribution in [0.2, 0.25) is 0 Å². The molecule has 2 heterocycles. The Labute approximate surface area is 181 Å². The fourth-order valence-corrected chi connectivity index (χ4v) is 3.38. The van der Waals surface area contributed by atoms with E-state index in [9.17, 15) is 0 Å². The fourth-order valence-electron chi connectivity index (χ4n) is 3.38. The van der Waals surface area contributed by atoms with Crippen molar-refractivity contribution in [3.05, 3.63) is 90.5 Å². The van der Waals surface area contributed by atoms with Crippen LogP contribution >= 0.6 is 0 Å². The molecule has 2 aromatic carbocycles. The van der Waals surface area contributed by atoms with E-state index in [-0.39, 0.29) is 0 Å². The molecule has 0 saturated carbocycles. The predicted octanol–water partition coefficient (Wildman–Crippen LogP) is 2.59. The van der Waals surface area contributed by atoms with Gasteiger partial charge in [0.05, 0.1) is 12.9 Å². The number of benzene rings is 2. The summed E-state index contributed by atoms with van der Waals surface area (Å²) in [6.07, 6.45) is 7.15. The maximum atomic E-state index is 4.31. The van der Waals surface area contributed by atoms with Crippen molar-refractivity contribution in [3.63, 3.8) is 0 Å². The predicted molar refractivity (Wildman–Crippen MR) is 121 cm³/mol. The number of guanidine groups is 1. The van der Waals surface area contributed by atoms with Crippen LogP contribution in [0.15, 0.2) is 78.6 Å². The topological polar surface area (TPSA) is 84.9 Å². The summed E-state index contributed by atoms with van der Waals surface area (Å²) < 4.78 is 3.80. The molecule has 0 aliphatic heterocycles. The molecule has 158 valence electrons. The van der Waals surface area contributed by atoms with E-state index < -0.39 is 0 Å². The minimum atomic E-state index is 0.552. The highest BCUT2D eigenvalue weighted by Gasteiger charge is 2.07. The van der Waals surface area contributed by atoms with Crippen LogP contribution in [0.4, 0.5) is 0 Å². The number of aryl methyl sites for hydroxylation is 1. The first kappa shape index (κ1) is 20.3. The second kappa shape index (κ2) is 9.71. The quantitative estimate of drug-likeness (QED) is 0.359. The van der Waals surface area contributed by atoms with Gasteiger partial charge in [0, 0.05) is 39.6 Å². The molecule has 0 amide bonds.